The molecule has 0 aliphatic carbocycles. The molecule has 0 bridgehead atoms. The van der Waals surface area contributed by atoms with Crippen LogP contribution in [0.4, 0.5) is 0 Å². The van der Waals surface area contributed by atoms with E-state index >= 15 is 0 Å². The van der Waals surface area contributed by atoms with E-state index in [-0.39, 0.29) is 12.5 Å². The van der Waals surface area contributed by atoms with Gasteiger partial charge in [0.05, 0.1) is 6.54 Å². The minimum absolute atomic E-state index is 0.122. The minimum Gasteiger partial charge on any atom is -0.372 e. The second-order valence-electron chi connectivity index (χ2n) is 4.17. The van der Waals surface area contributed by atoms with Crippen LogP contribution < -0.4 is 5.73 Å². The highest BCUT2D eigenvalue weighted by Gasteiger charge is 2.21. The number of carbonyl (C=O) groups is 2. The molecule has 0 radical (unpaired) electrons. The summed E-state index contributed by atoms with van der Waals surface area (Å²) in [5, 5.41) is 0. The number of nitrogens with two attached hydrogens (primary N) is 1. The lowest BCUT2D eigenvalue weighted by Gasteiger charge is -2.24. The van der Waals surface area contributed by atoms with E-state index in [4.69, 9.17) is 10.5 Å². The number of hydrogen-bond donors (Lipinski definition) is 1. The van der Waals surface area contributed by atoms with E-state index in [1.165, 1.54) is 12.0 Å². The smallest absolute Gasteiger partial charge is 0.252 e. The Morgan fingerprint density at radius 1 is 1.37 bits per heavy atom. The molecular weight excluding hydrogens is 312 g/mol. The molecule has 0 aliphatic heterocycles. The molecule has 1 unspecified atom stereocenters. The second-order valence-corrected chi connectivity index (χ2v) is 5.08. The van der Waals surface area contributed by atoms with Crippen molar-refractivity contribution in [3.05, 3.63) is 34.3 Å². The quantitative estimate of drug-likeness (QED) is 0.855. The Morgan fingerprint density at radius 2 is 1.95 bits per heavy atom. The molecule has 2 N–H and O–H groups in total. The van der Waals surface area contributed by atoms with Gasteiger partial charge in [-0.3, -0.25) is 9.59 Å². The van der Waals surface area contributed by atoms with Gasteiger partial charge in [-0.05, 0) is 24.6 Å². The van der Waals surface area contributed by atoms with E-state index in [0.29, 0.717) is 6.54 Å². The van der Waals surface area contributed by atoms with Gasteiger partial charge < -0.3 is 15.4 Å². The fourth-order valence-electron chi connectivity index (χ4n) is 1.57. The number of hydrogen-bond acceptors (Lipinski definition) is 3. The van der Waals surface area contributed by atoms with E-state index in [2.05, 4.69) is 15.9 Å². The SMILES string of the molecule is COC(C)C(=O)N(CC(N)=O)Cc1ccc(Br)cc1. The van der Waals surface area contributed by atoms with Crippen molar-refractivity contribution >= 4 is 27.7 Å². The first-order valence-corrected chi connectivity index (χ1v) is 6.57. The highest BCUT2D eigenvalue weighted by Crippen LogP contribution is 2.13. The number of rotatable bonds is 6. The van der Waals surface area contributed by atoms with E-state index < -0.39 is 12.0 Å². The molecule has 1 rings (SSSR count). The van der Waals surface area contributed by atoms with Crippen LogP contribution in [-0.2, 0) is 20.9 Å². The number of halogens is 1. The summed E-state index contributed by atoms with van der Waals surface area (Å²) in [7, 11) is 1.45. The third-order valence-electron chi connectivity index (χ3n) is 2.65. The molecule has 0 spiro atoms. The molecule has 104 valence electrons. The number of methoxy groups -OCH3 is 1. The average Bonchev–Trinajstić information content (AvgIpc) is 2.38. The van der Waals surface area contributed by atoms with Crippen molar-refractivity contribution in [2.24, 2.45) is 5.73 Å². The average molecular weight is 329 g/mol. The maximum absolute atomic E-state index is 12.1. The Balaban J connectivity index is 2.82. The van der Waals surface area contributed by atoms with Crippen molar-refractivity contribution in [3.63, 3.8) is 0 Å². The Bertz CT molecular complexity index is 448. The van der Waals surface area contributed by atoms with Crippen molar-refractivity contribution in [3.8, 4) is 0 Å². The van der Waals surface area contributed by atoms with E-state index in [0.717, 1.165) is 10.0 Å². The standard InChI is InChI=1S/C13H17BrN2O3/c1-9(19-2)13(18)16(8-12(15)17)7-10-3-5-11(14)6-4-10/h3-6,9H,7-8H2,1-2H3,(H2,15,17). The summed E-state index contributed by atoms with van der Waals surface area (Å²) in [6, 6.07) is 7.51. The van der Waals surface area contributed by atoms with Gasteiger partial charge in [0.2, 0.25) is 5.91 Å². The van der Waals surface area contributed by atoms with Gasteiger partial charge in [-0.2, -0.15) is 0 Å². The monoisotopic (exact) mass is 328 g/mol. The molecule has 6 heteroatoms. The van der Waals surface area contributed by atoms with Crippen LogP contribution in [0.1, 0.15) is 12.5 Å². The van der Waals surface area contributed by atoms with Gasteiger partial charge in [-0.1, -0.05) is 28.1 Å². The Morgan fingerprint density at radius 3 is 2.42 bits per heavy atom. The zero-order valence-electron chi connectivity index (χ0n) is 10.9. The maximum Gasteiger partial charge on any atom is 0.252 e. The first-order valence-electron chi connectivity index (χ1n) is 5.78. The zero-order chi connectivity index (χ0) is 14.4. The molecule has 0 saturated carbocycles. The molecule has 1 atom stereocenters. The molecule has 0 aliphatic rings. The maximum atomic E-state index is 12.1. The lowest BCUT2D eigenvalue weighted by Crippen LogP contribution is -2.43. The summed E-state index contributed by atoms with van der Waals surface area (Å²) in [6.07, 6.45) is -0.602. The number of amides is 2. The van der Waals surface area contributed by atoms with E-state index in [9.17, 15) is 9.59 Å². The number of nitrogens with zero attached hydrogens (tertiary/aromatic N) is 1. The molecule has 5 nitrogen and oxygen atoms in total. The number of primary amides is 1. The van der Waals surface area contributed by atoms with Crippen molar-refractivity contribution in [1.82, 2.24) is 4.90 Å². The van der Waals surface area contributed by atoms with Crippen LogP contribution in [0.15, 0.2) is 28.7 Å². The molecule has 0 heterocycles. The van der Waals surface area contributed by atoms with Crippen LogP contribution >= 0.6 is 15.9 Å². The molecule has 1 aromatic carbocycles. The summed E-state index contributed by atoms with van der Waals surface area (Å²) < 4.78 is 5.93. The van der Waals surface area contributed by atoms with Gasteiger partial charge in [0.25, 0.3) is 5.91 Å². The largest absolute Gasteiger partial charge is 0.372 e. The Kier molecular flexibility index (Phi) is 5.98. The summed E-state index contributed by atoms with van der Waals surface area (Å²) in [5.74, 6) is -0.807. The number of carbonyl (C=O) groups excluding carboxylic acids is 2. The number of benzene rings is 1. The van der Waals surface area contributed by atoms with E-state index in [1.54, 1.807) is 6.92 Å². The summed E-state index contributed by atoms with van der Waals surface area (Å²) in [6.45, 7) is 1.84. The summed E-state index contributed by atoms with van der Waals surface area (Å²) >= 11 is 3.34. The first-order chi connectivity index (χ1) is 8.93. The Labute approximate surface area is 120 Å². The highest BCUT2D eigenvalue weighted by molar-refractivity contribution is 9.10. The van der Waals surface area contributed by atoms with Gasteiger partial charge in [0, 0.05) is 18.1 Å². The minimum atomic E-state index is -0.602. The first kappa shape index (κ1) is 15.7. The van der Waals surface area contributed by atoms with Gasteiger partial charge >= 0.3 is 0 Å². The third-order valence-corrected chi connectivity index (χ3v) is 3.18. The molecule has 0 aromatic heterocycles. The fraction of sp³-hybridized carbons (Fsp3) is 0.385. The van der Waals surface area contributed by atoms with Gasteiger partial charge in [0.15, 0.2) is 0 Å². The lowest BCUT2D eigenvalue weighted by atomic mass is 10.2. The van der Waals surface area contributed by atoms with Gasteiger partial charge in [-0.25, -0.2) is 0 Å². The van der Waals surface area contributed by atoms with Crippen LogP contribution in [0.2, 0.25) is 0 Å². The predicted molar refractivity (Wildman–Crippen MR) is 75.2 cm³/mol. The highest BCUT2D eigenvalue weighted by atomic mass is 79.9. The van der Waals surface area contributed by atoms with Gasteiger partial charge in [0.1, 0.15) is 6.10 Å². The van der Waals surface area contributed by atoms with Crippen LogP contribution in [-0.4, -0.2) is 36.5 Å². The molecule has 2 amide bonds. The van der Waals surface area contributed by atoms with Crippen LogP contribution in [0.3, 0.4) is 0 Å². The number of ether oxygens (including phenoxy) is 1. The van der Waals surface area contributed by atoms with Crippen LogP contribution in [0.5, 0.6) is 0 Å². The van der Waals surface area contributed by atoms with Gasteiger partial charge in [-0.15, -0.1) is 0 Å². The van der Waals surface area contributed by atoms with Crippen molar-refractivity contribution in [1.29, 1.82) is 0 Å². The molecule has 19 heavy (non-hydrogen) atoms. The molecule has 1 aromatic rings. The molecular formula is C13H17BrN2O3. The topological polar surface area (TPSA) is 72.6 Å². The molecule has 0 saturated heterocycles. The van der Waals surface area contributed by atoms with E-state index in [1.807, 2.05) is 24.3 Å². The van der Waals surface area contributed by atoms with Crippen LogP contribution in [0, 0.1) is 0 Å². The zero-order valence-corrected chi connectivity index (χ0v) is 12.5. The Hall–Kier alpha value is -1.40. The summed E-state index contributed by atoms with van der Waals surface area (Å²) in [4.78, 5) is 24.5. The van der Waals surface area contributed by atoms with Crippen molar-refractivity contribution < 1.29 is 14.3 Å². The predicted octanol–water partition coefficient (Wildman–Crippen LogP) is 1.30. The fourth-order valence-corrected chi connectivity index (χ4v) is 1.83. The lowest BCUT2D eigenvalue weighted by molar-refractivity contribution is -0.144. The van der Waals surface area contributed by atoms with Crippen molar-refractivity contribution in [2.45, 2.75) is 19.6 Å². The molecule has 0 fully saturated rings. The van der Waals surface area contributed by atoms with Crippen LogP contribution in [0.25, 0.3) is 0 Å². The summed E-state index contributed by atoms with van der Waals surface area (Å²) in [5.41, 5.74) is 6.09. The normalized spacial score (nSPS) is 11.9. The third kappa shape index (κ3) is 5.00. The second kappa shape index (κ2) is 7.25. The van der Waals surface area contributed by atoms with Crippen molar-refractivity contribution in [2.75, 3.05) is 13.7 Å².